The highest BCUT2D eigenvalue weighted by molar-refractivity contribution is 5.78. The average Bonchev–Trinajstić information content (AvgIpc) is 2.29. The zero-order valence-electron chi connectivity index (χ0n) is 10.5. The van der Waals surface area contributed by atoms with E-state index >= 15 is 0 Å². The number of aliphatic hydroxyl groups is 1. The number of ether oxygens (including phenoxy) is 1. The first-order valence-electron chi connectivity index (χ1n) is 6.45. The minimum atomic E-state index is -0.264. The number of β-amino-alcohol motifs (C(OH)–C–C–N with tert-alkyl or cyclic N) is 1. The number of piperidine rings is 1. The molecule has 0 spiro atoms. The van der Waals surface area contributed by atoms with Crippen LogP contribution in [0.5, 0.6) is 0 Å². The predicted octanol–water partition coefficient (Wildman–Crippen LogP) is -0.310. The van der Waals surface area contributed by atoms with Gasteiger partial charge in [-0.15, -0.1) is 0 Å². The molecule has 2 aliphatic heterocycles. The molecule has 1 amide bonds. The van der Waals surface area contributed by atoms with Crippen molar-refractivity contribution in [3.05, 3.63) is 0 Å². The highest BCUT2D eigenvalue weighted by Gasteiger charge is 2.25. The zero-order valence-corrected chi connectivity index (χ0v) is 10.5. The number of hydrogen-bond acceptors (Lipinski definition) is 4. The molecule has 0 saturated carbocycles. The fraction of sp³-hybridized carbons (Fsp3) is 0.917. The Bertz CT molecular complexity index is 272. The average molecular weight is 242 g/mol. The van der Waals surface area contributed by atoms with Crippen LogP contribution in [0.2, 0.25) is 0 Å². The van der Waals surface area contributed by atoms with Gasteiger partial charge in [0.05, 0.1) is 25.4 Å². The summed E-state index contributed by atoms with van der Waals surface area (Å²) in [5.41, 5.74) is 0. The fourth-order valence-corrected chi connectivity index (χ4v) is 2.51. The molecule has 0 aliphatic carbocycles. The Hall–Kier alpha value is -0.650. The number of likely N-dealkylation sites (tertiary alicyclic amines) is 1. The summed E-state index contributed by atoms with van der Waals surface area (Å²) in [4.78, 5) is 16.0. The lowest BCUT2D eigenvalue weighted by Crippen LogP contribution is -2.50. The number of nitrogens with zero attached hydrogens (tertiary/aromatic N) is 2. The molecule has 2 fully saturated rings. The van der Waals surface area contributed by atoms with Crippen molar-refractivity contribution in [1.29, 1.82) is 0 Å². The molecule has 2 unspecified atom stereocenters. The fourth-order valence-electron chi connectivity index (χ4n) is 2.51. The first kappa shape index (κ1) is 12.8. The summed E-state index contributed by atoms with van der Waals surface area (Å²) < 4.78 is 5.42. The molecule has 1 N–H and O–H groups in total. The van der Waals surface area contributed by atoms with Crippen LogP contribution in [-0.2, 0) is 9.53 Å². The van der Waals surface area contributed by atoms with Crippen molar-refractivity contribution in [3.63, 3.8) is 0 Å². The monoisotopic (exact) mass is 242 g/mol. The van der Waals surface area contributed by atoms with Gasteiger partial charge in [-0.2, -0.15) is 0 Å². The number of rotatable bonds is 2. The summed E-state index contributed by atoms with van der Waals surface area (Å²) in [6, 6.07) is 0. The van der Waals surface area contributed by atoms with E-state index in [1.807, 2.05) is 11.8 Å². The molecular formula is C12H22N2O3. The number of carbonyl (C=O) groups is 1. The Morgan fingerprint density at radius 2 is 2.24 bits per heavy atom. The number of aliphatic hydroxyl groups excluding tert-OH is 1. The molecule has 5 nitrogen and oxygen atoms in total. The maximum absolute atomic E-state index is 12.1. The van der Waals surface area contributed by atoms with Crippen LogP contribution in [0.1, 0.15) is 19.8 Å². The van der Waals surface area contributed by atoms with Gasteiger partial charge in [-0.05, 0) is 26.3 Å². The second kappa shape index (κ2) is 5.80. The molecule has 0 aromatic carbocycles. The molecule has 2 atom stereocenters. The van der Waals surface area contributed by atoms with Gasteiger partial charge in [0.25, 0.3) is 0 Å². The van der Waals surface area contributed by atoms with Crippen molar-refractivity contribution >= 4 is 5.91 Å². The third-order valence-corrected chi connectivity index (χ3v) is 3.43. The summed E-state index contributed by atoms with van der Waals surface area (Å²) in [6.07, 6.45) is 1.72. The van der Waals surface area contributed by atoms with Gasteiger partial charge in [0, 0.05) is 19.6 Å². The predicted molar refractivity (Wildman–Crippen MR) is 63.7 cm³/mol. The molecule has 0 aromatic heterocycles. The van der Waals surface area contributed by atoms with Crippen LogP contribution in [0.15, 0.2) is 0 Å². The lowest BCUT2D eigenvalue weighted by atomic mass is 10.1. The van der Waals surface area contributed by atoms with E-state index in [4.69, 9.17) is 4.74 Å². The van der Waals surface area contributed by atoms with Gasteiger partial charge in [-0.3, -0.25) is 9.69 Å². The van der Waals surface area contributed by atoms with E-state index in [2.05, 4.69) is 4.90 Å². The van der Waals surface area contributed by atoms with Gasteiger partial charge < -0.3 is 14.7 Å². The standard InChI is InChI=1S/C12H22N2O3/c1-10-7-14(5-6-17-10)12(16)9-13-4-2-3-11(15)8-13/h10-11,15H,2-9H2,1H3. The highest BCUT2D eigenvalue weighted by atomic mass is 16.5. The molecule has 0 bridgehead atoms. The van der Waals surface area contributed by atoms with Crippen molar-refractivity contribution in [2.24, 2.45) is 0 Å². The van der Waals surface area contributed by atoms with Crippen LogP contribution in [0, 0.1) is 0 Å². The van der Waals surface area contributed by atoms with E-state index in [1.54, 1.807) is 0 Å². The minimum Gasteiger partial charge on any atom is -0.392 e. The van der Waals surface area contributed by atoms with E-state index < -0.39 is 0 Å². The molecule has 0 radical (unpaired) electrons. The summed E-state index contributed by atoms with van der Waals surface area (Å²) in [5, 5.41) is 9.56. The van der Waals surface area contributed by atoms with Crippen molar-refractivity contribution < 1.29 is 14.6 Å². The first-order chi connectivity index (χ1) is 8.15. The van der Waals surface area contributed by atoms with E-state index in [-0.39, 0.29) is 18.1 Å². The normalized spacial score (nSPS) is 31.5. The molecule has 2 rings (SSSR count). The Kier molecular flexibility index (Phi) is 4.36. The van der Waals surface area contributed by atoms with Gasteiger partial charge in [-0.1, -0.05) is 0 Å². The van der Waals surface area contributed by atoms with Crippen molar-refractivity contribution in [1.82, 2.24) is 9.80 Å². The number of amides is 1. The van der Waals surface area contributed by atoms with Crippen LogP contribution < -0.4 is 0 Å². The molecule has 2 heterocycles. The van der Waals surface area contributed by atoms with Gasteiger partial charge in [0.1, 0.15) is 0 Å². The Morgan fingerprint density at radius 3 is 2.94 bits per heavy atom. The lowest BCUT2D eigenvalue weighted by molar-refractivity contribution is -0.140. The summed E-state index contributed by atoms with van der Waals surface area (Å²) >= 11 is 0. The summed E-state index contributed by atoms with van der Waals surface area (Å²) in [5.74, 6) is 0.161. The maximum Gasteiger partial charge on any atom is 0.236 e. The molecule has 5 heteroatoms. The highest BCUT2D eigenvalue weighted by Crippen LogP contribution is 2.11. The molecule has 2 saturated heterocycles. The Morgan fingerprint density at radius 1 is 1.41 bits per heavy atom. The van der Waals surface area contributed by atoms with Crippen LogP contribution in [0.4, 0.5) is 0 Å². The van der Waals surface area contributed by atoms with E-state index in [0.29, 0.717) is 32.8 Å². The first-order valence-corrected chi connectivity index (χ1v) is 6.45. The number of morpholine rings is 1. The van der Waals surface area contributed by atoms with E-state index in [9.17, 15) is 9.90 Å². The van der Waals surface area contributed by atoms with Crippen LogP contribution in [-0.4, -0.2) is 72.4 Å². The van der Waals surface area contributed by atoms with Crippen LogP contribution in [0.3, 0.4) is 0 Å². The van der Waals surface area contributed by atoms with Crippen molar-refractivity contribution in [3.8, 4) is 0 Å². The molecule has 2 aliphatic rings. The summed E-state index contributed by atoms with van der Waals surface area (Å²) in [7, 11) is 0. The third-order valence-electron chi connectivity index (χ3n) is 3.43. The number of hydrogen-bond donors (Lipinski definition) is 1. The number of carbonyl (C=O) groups excluding carboxylic acids is 1. The van der Waals surface area contributed by atoms with Crippen LogP contribution in [0.25, 0.3) is 0 Å². The van der Waals surface area contributed by atoms with Gasteiger partial charge >= 0.3 is 0 Å². The van der Waals surface area contributed by atoms with Crippen molar-refractivity contribution in [2.45, 2.75) is 32.0 Å². The largest absolute Gasteiger partial charge is 0.392 e. The zero-order chi connectivity index (χ0) is 12.3. The molecule has 98 valence electrons. The maximum atomic E-state index is 12.1. The molecule has 0 aromatic rings. The quantitative estimate of drug-likeness (QED) is 0.722. The van der Waals surface area contributed by atoms with Crippen LogP contribution >= 0.6 is 0 Å². The lowest BCUT2D eigenvalue weighted by Gasteiger charge is -2.34. The second-order valence-corrected chi connectivity index (χ2v) is 5.05. The minimum absolute atomic E-state index is 0.139. The van der Waals surface area contributed by atoms with Gasteiger partial charge in [0.15, 0.2) is 0 Å². The Balaban J connectivity index is 1.79. The summed E-state index contributed by atoms with van der Waals surface area (Å²) in [6.45, 7) is 5.99. The second-order valence-electron chi connectivity index (χ2n) is 5.05. The van der Waals surface area contributed by atoms with Crippen molar-refractivity contribution in [2.75, 3.05) is 39.3 Å². The molecular weight excluding hydrogens is 220 g/mol. The Labute approximate surface area is 102 Å². The third kappa shape index (κ3) is 3.66. The van der Waals surface area contributed by atoms with Gasteiger partial charge in [-0.25, -0.2) is 0 Å². The van der Waals surface area contributed by atoms with E-state index in [1.165, 1.54) is 0 Å². The SMILES string of the molecule is CC1CN(C(=O)CN2CCCC(O)C2)CCO1. The molecule has 17 heavy (non-hydrogen) atoms. The van der Waals surface area contributed by atoms with Gasteiger partial charge in [0.2, 0.25) is 5.91 Å². The van der Waals surface area contributed by atoms with E-state index in [0.717, 1.165) is 19.4 Å². The topological polar surface area (TPSA) is 53.0 Å². The smallest absolute Gasteiger partial charge is 0.236 e.